The zero-order valence-corrected chi connectivity index (χ0v) is 14.8. The van der Waals surface area contributed by atoms with Crippen LogP contribution in [0.3, 0.4) is 0 Å². The van der Waals surface area contributed by atoms with Crippen molar-refractivity contribution in [1.29, 1.82) is 0 Å². The summed E-state index contributed by atoms with van der Waals surface area (Å²) in [6.07, 6.45) is 0.285. The third-order valence-corrected chi connectivity index (χ3v) is 5.00. The topological polar surface area (TPSA) is 75.6 Å². The Hall–Kier alpha value is -1.86. The van der Waals surface area contributed by atoms with Crippen LogP contribution in [-0.2, 0) is 11.2 Å². The number of carboxylic acids is 1. The molecule has 2 aromatic rings. The zero-order chi connectivity index (χ0) is 16.8. The van der Waals surface area contributed by atoms with Crippen LogP contribution in [0, 0.1) is 5.92 Å². The number of hydrogen-bond acceptors (Lipinski definition) is 4. The van der Waals surface area contributed by atoms with Crippen LogP contribution in [0.25, 0.3) is 0 Å². The number of methoxy groups -OCH3 is 1. The molecule has 0 aliphatic rings. The Bertz CT molecular complexity index is 701. The Balaban J connectivity index is 2.02. The van der Waals surface area contributed by atoms with Crippen molar-refractivity contribution in [2.45, 2.75) is 6.42 Å². The van der Waals surface area contributed by atoms with Gasteiger partial charge in [0, 0.05) is 16.4 Å². The summed E-state index contributed by atoms with van der Waals surface area (Å²) >= 11 is 4.59. The Morgan fingerprint density at radius 1 is 1.39 bits per heavy atom. The second-order valence-corrected chi connectivity index (χ2v) is 6.72. The largest absolute Gasteiger partial charge is 0.496 e. The molecule has 2 N–H and O–H groups in total. The molecule has 1 aromatic heterocycles. The average Bonchev–Trinajstić information content (AvgIpc) is 2.97. The number of hydrogen-bond donors (Lipinski definition) is 2. The number of para-hydroxylation sites is 1. The first-order valence-electron chi connectivity index (χ1n) is 6.88. The Kier molecular flexibility index (Phi) is 6.18. The van der Waals surface area contributed by atoms with Gasteiger partial charge in [-0.2, -0.15) is 0 Å². The van der Waals surface area contributed by atoms with E-state index < -0.39 is 11.9 Å². The van der Waals surface area contributed by atoms with E-state index in [1.165, 1.54) is 11.3 Å². The van der Waals surface area contributed by atoms with Crippen LogP contribution in [0.5, 0.6) is 5.75 Å². The molecule has 2 rings (SSSR count). The van der Waals surface area contributed by atoms with E-state index in [9.17, 15) is 14.7 Å². The molecule has 5 nitrogen and oxygen atoms in total. The van der Waals surface area contributed by atoms with Gasteiger partial charge in [-0.3, -0.25) is 9.59 Å². The maximum Gasteiger partial charge on any atom is 0.308 e. The van der Waals surface area contributed by atoms with Gasteiger partial charge in [0.15, 0.2) is 0 Å². The van der Waals surface area contributed by atoms with Gasteiger partial charge in [0.2, 0.25) is 0 Å². The van der Waals surface area contributed by atoms with Crippen LogP contribution in [0.1, 0.15) is 15.2 Å². The minimum Gasteiger partial charge on any atom is -0.496 e. The fourth-order valence-electron chi connectivity index (χ4n) is 2.12. The molecule has 0 saturated heterocycles. The van der Waals surface area contributed by atoms with Crippen molar-refractivity contribution in [3.63, 3.8) is 0 Å². The molecule has 0 bridgehead atoms. The van der Waals surface area contributed by atoms with Gasteiger partial charge < -0.3 is 15.2 Å². The van der Waals surface area contributed by atoms with E-state index in [1.807, 2.05) is 18.2 Å². The minimum absolute atomic E-state index is 0.0573. The van der Waals surface area contributed by atoms with Crippen LogP contribution >= 0.6 is 27.3 Å². The fraction of sp³-hybridized carbons (Fsp3) is 0.250. The first-order valence-corrected chi connectivity index (χ1v) is 8.55. The van der Waals surface area contributed by atoms with Crippen LogP contribution in [0.2, 0.25) is 0 Å². The number of ether oxygens (including phenoxy) is 1. The van der Waals surface area contributed by atoms with E-state index in [-0.39, 0.29) is 18.9 Å². The lowest BCUT2D eigenvalue weighted by atomic mass is 9.98. The van der Waals surface area contributed by atoms with Crippen molar-refractivity contribution in [2.75, 3.05) is 13.7 Å². The summed E-state index contributed by atoms with van der Waals surface area (Å²) in [5.41, 5.74) is 0.801. The molecule has 1 heterocycles. The molecule has 122 valence electrons. The third-order valence-electron chi connectivity index (χ3n) is 3.31. The van der Waals surface area contributed by atoms with E-state index >= 15 is 0 Å². The average molecular weight is 398 g/mol. The molecule has 0 spiro atoms. The molecule has 0 radical (unpaired) electrons. The standard InChI is InChI=1S/C16H16BrNO4S/c1-22-13-5-3-2-4-10(13)6-11(16(20)21)8-18-15(19)14-7-12(17)9-23-14/h2-5,7,9,11H,6,8H2,1H3,(H,18,19)(H,20,21). The van der Waals surface area contributed by atoms with E-state index in [4.69, 9.17) is 4.74 Å². The zero-order valence-electron chi connectivity index (χ0n) is 12.4. The maximum absolute atomic E-state index is 12.0. The monoisotopic (exact) mass is 397 g/mol. The van der Waals surface area contributed by atoms with E-state index in [0.29, 0.717) is 10.6 Å². The number of benzene rings is 1. The summed E-state index contributed by atoms with van der Waals surface area (Å²) in [6, 6.07) is 8.98. The van der Waals surface area contributed by atoms with Crippen molar-refractivity contribution < 1.29 is 19.4 Å². The summed E-state index contributed by atoms with van der Waals surface area (Å²) in [6.45, 7) is 0.0573. The van der Waals surface area contributed by atoms with Crippen molar-refractivity contribution in [3.8, 4) is 5.75 Å². The molecule has 23 heavy (non-hydrogen) atoms. The van der Waals surface area contributed by atoms with Gasteiger partial charge in [-0.25, -0.2) is 0 Å². The van der Waals surface area contributed by atoms with Crippen LogP contribution < -0.4 is 10.1 Å². The molecule has 0 aliphatic carbocycles. The highest BCUT2D eigenvalue weighted by molar-refractivity contribution is 9.10. The van der Waals surface area contributed by atoms with Crippen molar-refractivity contribution in [1.82, 2.24) is 5.32 Å². The molecule has 0 aliphatic heterocycles. The summed E-state index contributed by atoms with van der Waals surface area (Å²) < 4.78 is 6.07. The molecule has 7 heteroatoms. The maximum atomic E-state index is 12.0. The Morgan fingerprint density at radius 2 is 2.13 bits per heavy atom. The first-order chi connectivity index (χ1) is 11.0. The lowest BCUT2D eigenvalue weighted by Crippen LogP contribution is -2.33. The number of nitrogens with one attached hydrogen (secondary N) is 1. The van der Waals surface area contributed by atoms with E-state index in [0.717, 1.165) is 10.0 Å². The summed E-state index contributed by atoms with van der Waals surface area (Å²) in [5, 5.41) is 13.9. The number of amides is 1. The molecule has 1 atom stereocenters. The van der Waals surface area contributed by atoms with Gasteiger partial charge in [0.05, 0.1) is 17.9 Å². The third kappa shape index (κ3) is 4.80. The fourth-order valence-corrected chi connectivity index (χ4v) is 3.46. The molecule has 1 aromatic carbocycles. The van der Waals surface area contributed by atoms with Crippen LogP contribution in [-0.4, -0.2) is 30.6 Å². The van der Waals surface area contributed by atoms with E-state index in [2.05, 4.69) is 21.2 Å². The Labute approximate surface area is 146 Å². The quantitative estimate of drug-likeness (QED) is 0.751. The second-order valence-electron chi connectivity index (χ2n) is 4.89. The highest BCUT2D eigenvalue weighted by atomic mass is 79.9. The normalized spacial score (nSPS) is 11.7. The lowest BCUT2D eigenvalue weighted by Gasteiger charge is -2.15. The smallest absolute Gasteiger partial charge is 0.308 e. The molecular formula is C16H16BrNO4S. The number of carbonyl (C=O) groups is 2. The highest BCUT2D eigenvalue weighted by Crippen LogP contribution is 2.22. The Morgan fingerprint density at radius 3 is 2.74 bits per heavy atom. The van der Waals surface area contributed by atoms with Gasteiger partial charge in [-0.15, -0.1) is 11.3 Å². The summed E-state index contributed by atoms with van der Waals surface area (Å²) in [5.74, 6) is -1.30. The van der Waals surface area contributed by atoms with Crippen molar-refractivity contribution in [2.24, 2.45) is 5.92 Å². The summed E-state index contributed by atoms with van der Waals surface area (Å²) in [7, 11) is 1.55. The SMILES string of the molecule is COc1ccccc1CC(CNC(=O)c1cc(Br)cs1)C(=O)O. The molecule has 0 saturated carbocycles. The second kappa shape index (κ2) is 8.12. The molecule has 0 fully saturated rings. The minimum atomic E-state index is -0.955. The number of aliphatic carboxylic acids is 1. The molecule has 1 amide bonds. The van der Waals surface area contributed by atoms with Gasteiger partial charge in [-0.05, 0) is 40.0 Å². The predicted octanol–water partition coefficient (Wildman–Crippen LogP) is 3.19. The molecular weight excluding hydrogens is 382 g/mol. The van der Waals surface area contributed by atoms with Gasteiger partial charge >= 0.3 is 5.97 Å². The number of rotatable bonds is 7. The van der Waals surface area contributed by atoms with Crippen molar-refractivity contribution >= 4 is 39.1 Å². The predicted molar refractivity (Wildman–Crippen MR) is 92.2 cm³/mol. The number of halogens is 1. The van der Waals surface area contributed by atoms with Gasteiger partial charge in [0.25, 0.3) is 5.91 Å². The van der Waals surface area contributed by atoms with Gasteiger partial charge in [0.1, 0.15) is 5.75 Å². The van der Waals surface area contributed by atoms with E-state index in [1.54, 1.807) is 24.6 Å². The number of thiophene rings is 1. The first kappa shape index (κ1) is 17.5. The highest BCUT2D eigenvalue weighted by Gasteiger charge is 2.21. The van der Waals surface area contributed by atoms with Crippen molar-refractivity contribution in [3.05, 3.63) is 50.6 Å². The van der Waals surface area contributed by atoms with Crippen LogP contribution in [0.4, 0.5) is 0 Å². The van der Waals surface area contributed by atoms with Gasteiger partial charge in [-0.1, -0.05) is 18.2 Å². The number of carboxylic acid groups (broad SMARTS) is 1. The lowest BCUT2D eigenvalue weighted by molar-refractivity contribution is -0.141. The van der Waals surface area contributed by atoms with Crippen LogP contribution in [0.15, 0.2) is 40.2 Å². The number of carbonyl (C=O) groups excluding carboxylic acids is 1. The summed E-state index contributed by atoms with van der Waals surface area (Å²) in [4.78, 5) is 24.0. The molecule has 1 unspecified atom stereocenters.